The van der Waals surface area contributed by atoms with Gasteiger partial charge in [-0.05, 0) is 45.1 Å². The van der Waals surface area contributed by atoms with Crippen LogP contribution < -0.4 is 0 Å². The van der Waals surface area contributed by atoms with E-state index in [4.69, 9.17) is 4.74 Å². The monoisotopic (exact) mass is 331 g/mol. The SMILES string of the molecule is CC(C)c1ccc(C(=O)C2CCN(C(=O)OC(C)(C)C)CC2)cc1. The van der Waals surface area contributed by atoms with Gasteiger partial charge in [-0.1, -0.05) is 38.1 Å². The summed E-state index contributed by atoms with van der Waals surface area (Å²) in [7, 11) is 0. The van der Waals surface area contributed by atoms with E-state index in [-0.39, 0.29) is 17.8 Å². The van der Waals surface area contributed by atoms with Crippen LogP contribution in [-0.4, -0.2) is 35.5 Å². The molecule has 0 atom stereocenters. The van der Waals surface area contributed by atoms with Crippen molar-refractivity contribution in [1.82, 2.24) is 4.90 Å². The molecule has 2 rings (SSSR count). The Morgan fingerprint density at radius 3 is 2.08 bits per heavy atom. The number of carbonyl (C=O) groups is 2. The maximum absolute atomic E-state index is 12.7. The van der Waals surface area contributed by atoms with Crippen LogP contribution in [0.3, 0.4) is 0 Å². The number of rotatable bonds is 3. The Bertz CT molecular complexity index is 576. The molecule has 0 aliphatic carbocycles. The fourth-order valence-electron chi connectivity index (χ4n) is 2.92. The van der Waals surface area contributed by atoms with Crippen LogP contribution >= 0.6 is 0 Å². The summed E-state index contributed by atoms with van der Waals surface area (Å²) in [5, 5.41) is 0. The van der Waals surface area contributed by atoms with E-state index < -0.39 is 5.60 Å². The van der Waals surface area contributed by atoms with Crippen molar-refractivity contribution in [2.75, 3.05) is 13.1 Å². The summed E-state index contributed by atoms with van der Waals surface area (Å²) < 4.78 is 5.40. The summed E-state index contributed by atoms with van der Waals surface area (Å²) in [4.78, 5) is 26.4. The van der Waals surface area contributed by atoms with Gasteiger partial charge in [0.1, 0.15) is 5.60 Å². The highest BCUT2D eigenvalue weighted by Crippen LogP contribution is 2.24. The molecule has 24 heavy (non-hydrogen) atoms. The highest BCUT2D eigenvalue weighted by atomic mass is 16.6. The lowest BCUT2D eigenvalue weighted by Crippen LogP contribution is -2.43. The smallest absolute Gasteiger partial charge is 0.410 e. The molecule has 1 fully saturated rings. The van der Waals surface area contributed by atoms with E-state index >= 15 is 0 Å². The highest BCUT2D eigenvalue weighted by molar-refractivity contribution is 5.98. The van der Waals surface area contributed by atoms with E-state index in [1.165, 1.54) is 5.56 Å². The minimum absolute atomic E-state index is 0.00594. The number of hydrogen-bond acceptors (Lipinski definition) is 3. The summed E-state index contributed by atoms with van der Waals surface area (Å²) in [5.41, 5.74) is 1.53. The molecule has 1 aromatic rings. The Morgan fingerprint density at radius 2 is 1.62 bits per heavy atom. The number of piperidine rings is 1. The molecule has 132 valence electrons. The number of carbonyl (C=O) groups excluding carboxylic acids is 2. The van der Waals surface area contributed by atoms with Crippen LogP contribution in [0, 0.1) is 5.92 Å². The van der Waals surface area contributed by atoms with Gasteiger partial charge < -0.3 is 9.64 Å². The maximum Gasteiger partial charge on any atom is 0.410 e. The van der Waals surface area contributed by atoms with Gasteiger partial charge >= 0.3 is 6.09 Å². The molecule has 0 unspecified atom stereocenters. The van der Waals surface area contributed by atoms with Crippen molar-refractivity contribution >= 4 is 11.9 Å². The second kappa shape index (κ2) is 7.37. The molecule has 1 amide bonds. The lowest BCUT2D eigenvalue weighted by molar-refractivity contribution is 0.0182. The molecular formula is C20H29NO3. The maximum atomic E-state index is 12.7. The van der Waals surface area contributed by atoms with Gasteiger partial charge in [-0.25, -0.2) is 4.79 Å². The second-order valence-electron chi connectivity index (χ2n) is 7.88. The number of ether oxygens (including phenoxy) is 1. The van der Waals surface area contributed by atoms with Crippen molar-refractivity contribution < 1.29 is 14.3 Å². The molecule has 1 heterocycles. The van der Waals surface area contributed by atoms with Crippen molar-refractivity contribution in [3.8, 4) is 0 Å². The third-order valence-corrected chi connectivity index (χ3v) is 4.38. The number of nitrogens with zero attached hydrogens (tertiary/aromatic N) is 1. The third-order valence-electron chi connectivity index (χ3n) is 4.38. The zero-order chi connectivity index (χ0) is 17.9. The van der Waals surface area contributed by atoms with Crippen molar-refractivity contribution in [3.63, 3.8) is 0 Å². The van der Waals surface area contributed by atoms with E-state index in [0.29, 0.717) is 31.8 Å². The van der Waals surface area contributed by atoms with Gasteiger partial charge in [-0.2, -0.15) is 0 Å². The van der Waals surface area contributed by atoms with E-state index in [1.807, 2.05) is 45.0 Å². The van der Waals surface area contributed by atoms with Crippen LogP contribution in [0.2, 0.25) is 0 Å². The normalized spacial score (nSPS) is 16.3. The van der Waals surface area contributed by atoms with E-state index in [2.05, 4.69) is 13.8 Å². The van der Waals surface area contributed by atoms with Gasteiger partial charge in [-0.3, -0.25) is 4.79 Å². The van der Waals surface area contributed by atoms with E-state index in [9.17, 15) is 9.59 Å². The first kappa shape index (κ1) is 18.5. The van der Waals surface area contributed by atoms with Gasteiger partial charge in [0.25, 0.3) is 0 Å². The molecule has 0 bridgehead atoms. The highest BCUT2D eigenvalue weighted by Gasteiger charge is 2.30. The molecule has 0 radical (unpaired) electrons. The fraction of sp³-hybridized carbons (Fsp3) is 0.600. The number of Topliss-reactive ketones (excluding diaryl/α,β-unsaturated/α-hetero) is 1. The van der Waals surface area contributed by atoms with Gasteiger partial charge in [0.2, 0.25) is 0 Å². The Morgan fingerprint density at radius 1 is 1.08 bits per heavy atom. The molecule has 0 aromatic heterocycles. The Hall–Kier alpha value is -1.84. The Labute approximate surface area is 145 Å². The number of amides is 1. The molecule has 0 N–H and O–H groups in total. The van der Waals surface area contributed by atoms with Gasteiger partial charge in [0.15, 0.2) is 5.78 Å². The first-order valence-corrected chi connectivity index (χ1v) is 8.79. The second-order valence-corrected chi connectivity index (χ2v) is 7.88. The Balaban J connectivity index is 1.92. The molecular weight excluding hydrogens is 302 g/mol. The van der Waals surface area contributed by atoms with Crippen LogP contribution in [0.1, 0.15) is 69.3 Å². The molecule has 1 aliphatic rings. The number of benzene rings is 1. The zero-order valence-corrected chi connectivity index (χ0v) is 15.5. The predicted octanol–water partition coefficient (Wildman–Crippen LogP) is 4.64. The quantitative estimate of drug-likeness (QED) is 0.758. The third kappa shape index (κ3) is 4.83. The van der Waals surface area contributed by atoms with Crippen LogP contribution in [0.25, 0.3) is 0 Å². The lowest BCUT2D eigenvalue weighted by atomic mass is 9.88. The molecule has 0 spiro atoms. The average Bonchev–Trinajstić information content (AvgIpc) is 2.53. The number of likely N-dealkylation sites (tertiary alicyclic amines) is 1. The van der Waals surface area contributed by atoms with Gasteiger partial charge in [0, 0.05) is 24.6 Å². The molecule has 4 heteroatoms. The first-order valence-electron chi connectivity index (χ1n) is 8.79. The Kier molecular flexibility index (Phi) is 5.68. The minimum atomic E-state index is -0.484. The van der Waals surface area contributed by atoms with E-state index in [0.717, 1.165) is 5.56 Å². The number of hydrogen-bond donors (Lipinski definition) is 0. The van der Waals surface area contributed by atoms with Gasteiger partial charge in [-0.15, -0.1) is 0 Å². The summed E-state index contributed by atoms with van der Waals surface area (Å²) in [6, 6.07) is 7.93. The van der Waals surface area contributed by atoms with Crippen LogP contribution in [0.5, 0.6) is 0 Å². The minimum Gasteiger partial charge on any atom is -0.444 e. The van der Waals surface area contributed by atoms with Crippen LogP contribution in [0.15, 0.2) is 24.3 Å². The molecule has 4 nitrogen and oxygen atoms in total. The van der Waals surface area contributed by atoms with Gasteiger partial charge in [0.05, 0.1) is 0 Å². The number of ketones is 1. The standard InChI is InChI=1S/C20H29NO3/c1-14(2)15-6-8-16(9-7-15)18(22)17-10-12-21(13-11-17)19(23)24-20(3,4)5/h6-9,14,17H,10-13H2,1-5H3. The van der Waals surface area contributed by atoms with E-state index in [1.54, 1.807) is 4.90 Å². The van der Waals surface area contributed by atoms with Crippen LogP contribution in [0.4, 0.5) is 4.79 Å². The molecule has 1 aliphatic heterocycles. The zero-order valence-electron chi connectivity index (χ0n) is 15.5. The average molecular weight is 331 g/mol. The predicted molar refractivity (Wildman–Crippen MR) is 95.4 cm³/mol. The molecule has 0 saturated carbocycles. The van der Waals surface area contributed by atoms with Crippen molar-refractivity contribution in [1.29, 1.82) is 0 Å². The largest absolute Gasteiger partial charge is 0.444 e. The molecule has 1 saturated heterocycles. The first-order chi connectivity index (χ1) is 11.2. The van der Waals surface area contributed by atoms with Crippen molar-refractivity contribution in [3.05, 3.63) is 35.4 Å². The fourth-order valence-corrected chi connectivity index (χ4v) is 2.92. The van der Waals surface area contributed by atoms with Crippen molar-refractivity contribution in [2.24, 2.45) is 5.92 Å². The summed E-state index contributed by atoms with van der Waals surface area (Å²) >= 11 is 0. The summed E-state index contributed by atoms with van der Waals surface area (Å²) in [6.07, 6.45) is 1.11. The van der Waals surface area contributed by atoms with Crippen LogP contribution in [-0.2, 0) is 4.74 Å². The summed E-state index contributed by atoms with van der Waals surface area (Å²) in [6.45, 7) is 11.0. The lowest BCUT2D eigenvalue weighted by Gasteiger charge is -2.33. The van der Waals surface area contributed by atoms with Crippen molar-refractivity contribution in [2.45, 2.75) is 59.0 Å². The topological polar surface area (TPSA) is 46.6 Å². The molecule has 1 aromatic carbocycles. The summed E-state index contributed by atoms with van der Waals surface area (Å²) in [5.74, 6) is 0.647.